The van der Waals surface area contributed by atoms with Gasteiger partial charge in [0.05, 0.1) is 12.0 Å². The number of halogens is 3. The quantitative estimate of drug-likeness (QED) is 0.586. The Morgan fingerprint density at radius 1 is 1.25 bits per heavy atom. The van der Waals surface area contributed by atoms with Gasteiger partial charge in [-0.2, -0.15) is 13.2 Å². The van der Waals surface area contributed by atoms with Gasteiger partial charge in [0.2, 0.25) is 5.78 Å². The average molecular weight is 234 g/mol. The number of ketones is 1. The van der Waals surface area contributed by atoms with Crippen molar-refractivity contribution in [2.24, 2.45) is 5.41 Å². The molecule has 2 nitrogen and oxygen atoms in total. The third-order valence-electron chi connectivity index (χ3n) is 2.91. The molecule has 16 heavy (non-hydrogen) atoms. The van der Waals surface area contributed by atoms with Crippen LogP contribution in [-0.2, 0) is 4.79 Å². The first-order valence-electron chi connectivity index (χ1n) is 5.15. The Kier molecular flexibility index (Phi) is 3.98. The number of rotatable bonds is 2. The largest absolute Gasteiger partial charge is 0.458 e. The van der Waals surface area contributed by atoms with Crippen LogP contribution in [-0.4, -0.2) is 23.7 Å². The van der Waals surface area contributed by atoms with E-state index in [1.54, 1.807) is 5.92 Å². The van der Waals surface area contributed by atoms with E-state index in [-0.39, 0.29) is 0 Å². The van der Waals surface area contributed by atoms with Crippen molar-refractivity contribution in [3.05, 3.63) is 0 Å². The van der Waals surface area contributed by atoms with Gasteiger partial charge in [0.15, 0.2) is 0 Å². The Hall–Kier alpha value is -1.02. The lowest BCUT2D eigenvalue weighted by atomic mass is 9.72. The van der Waals surface area contributed by atoms with E-state index in [0.29, 0.717) is 12.8 Å². The predicted octanol–water partition coefficient (Wildman–Crippen LogP) is 2.06. The summed E-state index contributed by atoms with van der Waals surface area (Å²) in [7, 11) is 0. The smallest absolute Gasteiger partial charge is 0.395 e. The Labute approximate surface area is 91.8 Å². The maximum atomic E-state index is 11.8. The van der Waals surface area contributed by atoms with Gasteiger partial charge in [-0.05, 0) is 18.8 Å². The van der Waals surface area contributed by atoms with Crippen molar-refractivity contribution in [1.82, 2.24) is 0 Å². The van der Waals surface area contributed by atoms with Gasteiger partial charge in [-0.3, -0.25) is 4.79 Å². The molecule has 5 heteroatoms. The Morgan fingerprint density at radius 2 is 1.81 bits per heavy atom. The average Bonchev–Trinajstić information content (AvgIpc) is 2.25. The van der Waals surface area contributed by atoms with Crippen LogP contribution in [0.2, 0.25) is 0 Å². The molecule has 0 aromatic carbocycles. The second-order valence-corrected chi connectivity index (χ2v) is 4.08. The minimum atomic E-state index is -4.65. The third-order valence-corrected chi connectivity index (χ3v) is 2.91. The summed E-state index contributed by atoms with van der Waals surface area (Å²) in [6, 6.07) is 0. The van der Waals surface area contributed by atoms with Crippen LogP contribution in [0.25, 0.3) is 0 Å². The summed E-state index contributed by atoms with van der Waals surface area (Å²) >= 11 is 0. The van der Waals surface area contributed by atoms with Gasteiger partial charge >= 0.3 is 6.18 Å². The first-order chi connectivity index (χ1) is 7.40. The highest BCUT2D eigenvalue weighted by Crippen LogP contribution is 2.36. The third kappa shape index (κ3) is 3.24. The van der Waals surface area contributed by atoms with Crippen molar-refractivity contribution in [1.29, 1.82) is 0 Å². The van der Waals surface area contributed by atoms with Crippen molar-refractivity contribution < 1.29 is 23.1 Å². The summed E-state index contributed by atoms with van der Waals surface area (Å²) in [6.45, 7) is -0.418. The lowest BCUT2D eigenvalue weighted by Crippen LogP contribution is -2.36. The zero-order chi connectivity index (χ0) is 12.2. The molecule has 0 radical (unpaired) electrons. The van der Waals surface area contributed by atoms with E-state index in [1.165, 1.54) is 0 Å². The zero-order valence-electron chi connectivity index (χ0n) is 8.73. The normalized spacial score (nSPS) is 19.8. The van der Waals surface area contributed by atoms with E-state index in [4.69, 9.17) is 0 Å². The van der Waals surface area contributed by atoms with Crippen LogP contribution < -0.4 is 0 Å². The van der Waals surface area contributed by atoms with Crippen molar-refractivity contribution in [2.45, 2.75) is 38.3 Å². The van der Waals surface area contributed by atoms with Crippen LogP contribution in [0.15, 0.2) is 0 Å². The van der Waals surface area contributed by atoms with Crippen LogP contribution >= 0.6 is 0 Å². The molecule has 0 bridgehead atoms. The molecule has 1 saturated carbocycles. The number of hydrogen-bond donors (Lipinski definition) is 1. The van der Waals surface area contributed by atoms with Gasteiger partial charge in [-0.25, -0.2) is 0 Å². The topological polar surface area (TPSA) is 37.3 Å². The fourth-order valence-electron chi connectivity index (χ4n) is 1.95. The van der Waals surface area contributed by atoms with Gasteiger partial charge in [-0.1, -0.05) is 19.3 Å². The maximum Gasteiger partial charge on any atom is 0.458 e. The molecule has 0 unspecified atom stereocenters. The molecule has 0 heterocycles. The fourth-order valence-corrected chi connectivity index (χ4v) is 1.95. The van der Waals surface area contributed by atoms with Gasteiger partial charge in [0.1, 0.15) is 0 Å². The summed E-state index contributed by atoms with van der Waals surface area (Å²) in [6.07, 6.45) is -1.35. The standard InChI is InChI=1S/C11H13F3O2/c12-11(13,14)7-4-9(16)10(8-15)5-2-1-3-6-10/h15H,1-3,5-6,8H2. The zero-order valence-corrected chi connectivity index (χ0v) is 8.73. The molecule has 1 aliphatic carbocycles. The Morgan fingerprint density at radius 3 is 2.25 bits per heavy atom. The summed E-state index contributed by atoms with van der Waals surface area (Å²) in [5.41, 5.74) is -1.06. The number of hydrogen-bond acceptors (Lipinski definition) is 2. The number of alkyl halides is 3. The molecule has 0 aromatic heterocycles. The van der Waals surface area contributed by atoms with Crippen LogP contribution in [0.3, 0.4) is 0 Å². The Bertz CT molecular complexity index is 316. The van der Waals surface area contributed by atoms with Gasteiger partial charge in [0, 0.05) is 5.92 Å². The van der Waals surface area contributed by atoms with E-state index in [9.17, 15) is 23.1 Å². The molecule has 1 N–H and O–H groups in total. The molecular formula is C11H13F3O2. The van der Waals surface area contributed by atoms with Crippen LogP contribution in [0.4, 0.5) is 13.2 Å². The molecule has 0 atom stereocenters. The van der Waals surface area contributed by atoms with E-state index in [2.05, 4.69) is 0 Å². The van der Waals surface area contributed by atoms with Crippen LogP contribution in [0.5, 0.6) is 0 Å². The van der Waals surface area contributed by atoms with Gasteiger partial charge in [0.25, 0.3) is 0 Å². The number of carbonyl (C=O) groups is 1. The first kappa shape index (κ1) is 13.0. The minimum Gasteiger partial charge on any atom is -0.395 e. The lowest BCUT2D eigenvalue weighted by Gasteiger charge is -2.31. The molecule has 0 saturated heterocycles. The molecular weight excluding hydrogens is 221 g/mol. The molecule has 1 fully saturated rings. The molecule has 0 aliphatic heterocycles. The summed E-state index contributed by atoms with van der Waals surface area (Å²) < 4.78 is 35.5. The SMILES string of the molecule is O=C(C#CC(F)(F)F)C1(CO)CCCCC1. The van der Waals surface area contributed by atoms with Gasteiger partial charge < -0.3 is 5.11 Å². The number of aliphatic hydroxyl groups excluding tert-OH is 1. The predicted molar refractivity (Wildman–Crippen MR) is 51.4 cm³/mol. The molecule has 0 amide bonds. The van der Waals surface area contributed by atoms with Crippen LogP contribution in [0.1, 0.15) is 32.1 Å². The first-order valence-corrected chi connectivity index (χ1v) is 5.15. The number of Topliss-reactive ketones (excluding diaryl/α,β-unsaturated/α-hetero) is 1. The van der Waals surface area contributed by atoms with Crippen LogP contribution in [0, 0.1) is 17.3 Å². The second-order valence-electron chi connectivity index (χ2n) is 4.08. The summed E-state index contributed by atoms with van der Waals surface area (Å²) in [4.78, 5) is 11.6. The van der Waals surface area contributed by atoms with Crippen molar-refractivity contribution in [2.75, 3.05) is 6.61 Å². The fraction of sp³-hybridized carbons (Fsp3) is 0.727. The van der Waals surface area contributed by atoms with E-state index < -0.39 is 24.0 Å². The summed E-state index contributed by atoms with van der Waals surface area (Å²) in [5.74, 6) is 1.79. The Balaban J connectivity index is 2.79. The van der Waals surface area contributed by atoms with Crippen molar-refractivity contribution >= 4 is 5.78 Å². The monoisotopic (exact) mass is 234 g/mol. The molecule has 0 aromatic rings. The lowest BCUT2D eigenvalue weighted by molar-refractivity contribution is -0.127. The van der Waals surface area contributed by atoms with E-state index >= 15 is 0 Å². The number of carbonyl (C=O) groups excluding carboxylic acids is 1. The maximum absolute atomic E-state index is 11.8. The molecule has 0 spiro atoms. The molecule has 1 aliphatic rings. The second kappa shape index (κ2) is 4.88. The molecule has 1 rings (SSSR count). The van der Waals surface area contributed by atoms with Crippen molar-refractivity contribution in [3.8, 4) is 11.8 Å². The molecule has 90 valence electrons. The highest BCUT2D eigenvalue weighted by molar-refractivity contribution is 6.00. The van der Waals surface area contributed by atoms with E-state index in [0.717, 1.165) is 25.2 Å². The summed E-state index contributed by atoms with van der Waals surface area (Å²) in [5, 5.41) is 9.17. The van der Waals surface area contributed by atoms with Crippen molar-refractivity contribution in [3.63, 3.8) is 0 Å². The van der Waals surface area contributed by atoms with Gasteiger partial charge in [-0.15, -0.1) is 0 Å². The highest BCUT2D eigenvalue weighted by atomic mass is 19.4. The number of aliphatic hydroxyl groups is 1. The van der Waals surface area contributed by atoms with E-state index in [1.807, 2.05) is 0 Å². The highest BCUT2D eigenvalue weighted by Gasteiger charge is 2.38. The minimum absolute atomic E-state index is 0.418.